The molecule has 1 atom stereocenters. The molecule has 2 N–H and O–H groups in total. The molecule has 1 unspecified atom stereocenters. The molecule has 1 amide bonds. The summed E-state index contributed by atoms with van der Waals surface area (Å²) in [7, 11) is 0. The fourth-order valence-corrected chi connectivity index (χ4v) is 4.02. The smallest absolute Gasteiger partial charge is 0.256 e. The first-order valence-corrected chi connectivity index (χ1v) is 9.54. The Hall–Kier alpha value is -1.76. The quantitative estimate of drug-likeness (QED) is 0.681. The predicted octanol–water partition coefficient (Wildman–Crippen LogP) is 5.39. The van der Waals surface area contributed by atoms with Crippen molar-refractivity contribution < 1.29 is 23.1 Å². The lowest BCUT2D eigenvalue weighted by Crippen LogP contribution is -2.49. The molecule has 0 radical (unpaired) electrons. The minimum absolute atomic E-state index is 0.0248. The highest BCUT2D eigenvalue weighted by Gasteiger charge is 2.43. The third kappa shape index (κ3) is 4.14. The van der Waals surface area contributed by atoms with Crippen LogP contribution in [0.4, 0.5) is 13.2 Å². The maximum absolute atomic E-state index is 14.1. The van der Waals surface area contributed by atoms with Crippen LogP contribution in [0.15, 0.2) is 36.4 Å². The van der Waals surface area contributed by atoms with Gasteiger partial charge in [-0.2, -0.15) is 0 Å². The van der Waals surface area contributed by atoms with Crippen molar-refractivity contribution in [2.45, 2.75) is 43.5 Å². The van der Waals surface area contributed by atoms with E-state index in [1.807, 2.05) is 0 Å². The lowest BCUT2D eigenvalue weighted by molar-refractivity contribution is -0.0446. The van der Waals surface area contributed by atoms with Crippen LogP contribution < -0.4 is 5.32 Å². The van der Waals surface area contributed by atoms with Crippen LogP contribution in [0.5, 0.6) is 0 Å². The van der Waals surface area contributed by atoms with Crippen LogP contribution in [0.2, 0.25) is 10.0 Å². The largest absolute Gasteiger partial charge is 0.387 e. The molecule has 3 rings (SSSR count). The minimum atomic E-state index is -1.58. The summed E-state index contributed by atoms with van der Waals surface area (Å²) in [6.45, 7) is 0. The molecule has 3 nitrogen and oxygen atoms in total. The van der Waals surface area contributed by atoms with E-state index in [1.165, 1.54) is 24.3 Å². The van der Waals surface area contributed by atoms with Crippen molar-refractivity contribution >= 4 is 29.1 Å². The van der Waals surface area contributed by atoms with E-state index in [-0.39, 0.29) is 41.3 Å². The van der Waals surface area contributed by atoms with Gasteiger partial charge in [0.1, 0.15) is 17.8 Å². The van der Waals surface area contributed by atoms with E-state index in [0.717, 1.165) is 12.1 Å². The van der Waals surface area contributed by atoms with Gasteiger partial charge >= 0.3 is 0 Å². The average molecular weight is 432 g/mol. The highest BCUT2D eigenvalue weighted by Crippen LogP contribution is 2.42. The fraction of sp³-hybridized carbons (Fsp3) is 0.350. The van der Waals surface area contributed by atoms with Gasteiger partial charge in [-0.15, -0.1) is 0 Å². The SMILES string of the molecule is O=C(NC(c1cccc(F)c1Cl)[C@]1(O)CC[C@H](F)CC1)c1c(F)cccc1Cl. The Bertz CT molecular complexity index is 865. The first-order chi connectivity index (χ1) is 13.2. The van der Waals surface area contributed by atoms with Crippen molar-refractivity contribution in [2.75, 3.05) is 0 Å². The highest BCUT2D eigenvalue weighted by atomic mass is 35.5. The summed E-state index contributed by atoms with van der Waals surface area (Å²) in [4.78, 5) is 12.8. The van der Waals surface area contributed by atoms with Crippen molar-refractivity contribution in [3.8, 4) is 0 Å². The summed E-state index contributed by atoms with van der Waals surface area (Å²) in [6, 6.07) is 6.59. The molecule has 28 heavy (non-hydrogen) atoms. The molecule has 2 aromatic carbocycles. The Morgan fingerprint density at radius 1 is 1.11 bits per heavy atom. The number of hydrogen-bond donors (Lipinski definition) is 2. The monoisotopic (exact) mass is 431 g/mol. The van der Waals surface area contributed by atoms with Gasteiger partial charge in [0.25, 0.3) is 5.91 Å². The van der Waals surface area contributed by atoms with E-state index in [1.54, 1.807) is 0 Å². The number of rotatable bonds is 4. The van der Waals surface area contributed by atoms with Crippen LogP contribution in [0, 0.1) is 11.6 Å². The van der Waals surface area contributed by atoms with Gasteiger partial charge in [-0.1, -0.05) is 41.4 Å². The third-order valence-corrected chi connectivity index (χ3v) is 5.79. The van der Waals surface area contributed by atoms with Gasteiger partial charge in [-0.25, -0.2) is 13.2 Å². The van der Waals surface area contributed by atoms with Crippen LogP contribution in [0.1, 0.15) is 47.6 Å². The fourth-order valence-electron chi connectivity index (χ4n) is 3.53. The maximum atomic E-state index is 14.1. The number of amides is 1. The highest BCUT2D eigenvalue weighted by molar-refractivity contribution is 6.34. The predicted molar refractivity (Wildman–Crippen MR) is 101 cm³/mol. The van der Waals surface area contributed by atoms with E-state index in [2.05, 4.69) is 5.32 Å². The zero-order valence-corrected chi connectivity index (χ0v) is 16.2. The number of benzene rings is 2. The Morgan fingerprint density at radius 3 is 2.36 bits per heavy atom. The van der Waals surface area contributed by atoms with Gasteiger partial charge in [0.2, 0.25) is 0 Å². The second-order valence-electron chi connectivity index (χ2n) is 6.92. The molecule has 1 aliphatic carbocycles. The van der Waals surface area contributed by atoms with Crippen LogP contribution in [0.3, 0.4) is 0 Å². The normalized spacial score (nSPS) is 23.3. The summed E-state index contributed by atoms with van der Waals surface area (Å²) >= 11 is 12.0. The molecule has 0 bridgehead atoms. The Labute approximate surface area is 170 Å². The van der Waals surface area contributed by atoms with Crippen molar-refractivity contribution in [3.05, 3.63) is 69.2 Å². The molecule has 2 aromatic rings. The molecule has 150 valence electrons. The van der Waals surface area contributed by atoms with Gasteiger partial charge in [0.15, 0.2) is 0 Å². The van der Waals surface area contributed by atoms with E-state index < -0.39 is 40.9 Å². The van der Waals surface area contributed by atoms with E-state index >= 15 is 0 Å². The Morgan fingerprint density at radius 2 is 1.71 bits per heavy atom. The van der Waals surface area contributed by atoms with E-state index in [4.69, 9.17) is 23.2 Å². The van der Waals surface area contributed by atoms with Crippen molar-refractivity contribution in [1.82, 2.24) is 5.32 Å². The molecule has 1 saturated carbocycles. The van der Waals surface area contributed by atoms with Gasteiger partial charge in [0.05, 0.1) is 27.3 Å². The molecule has 0 heterocycles. The first-order valence-electron chi connectivity index (χ1n) is 8.78. The molecule has 1 aliphatic rings. The van der Waals surface area contributed by atoms with Crippen LogP contribution in [-0.4, -0.2) is 22.8 Å². The molecule has 8 heteroatoms. The molecular formula is C20H18Cl2F3NO2. The average Bonchev–Trinajstić information content (AvgIpc) is 2.65. The number of hydrogen-bond acceptors (Lipinski definition) is 2. The Kier molecular flexibility index (Phi) is 6.22. The molecule has 1 fully saturated rings. The van der Waals surface area contributed by atoms with Crippen LogP contribution in [-0.2, 0) is 0 Å². The zero-order chi connectivity index (χ0) is 20.5. The van der Waals surface area contributed by atoms with Gasteiger partial charge in [-0.3, -0.25) is 4.79 Å². The molecule has 0 aliphatic heterocycles. The second-order valence-corrected chi connectivity index (χ2v) is 7.71. The van der Waals surface area contributed by atoms with Crippen molar-refractivity contribution in [3.63, 3.8) is 0 Å². The number of carbonyl (C=O) groups excluding carboxylic acids is 1. The lowest BCUT2D eigenvalue weighted by atomic mass is 9.76. The van der Waals surface area contributed by atoms with Gasteiger partial charge in [-0.05, 0) is 49.4 Å². The summed E-state index contributed by atoms with van der Waals surface area (Å²) in [5, 5.41) is 13.3. The van der Waals surface area contributed by atoms with Crippen LogP contribution >= 0.6 is 23.2 Å². The molecular weight excluding hydrogens is 414 g/mol. The molecule has 0 spiro atoms. The summed E-state index contributed by atoms with van der Waals surface area (Å²) < 4.78 is 41.8. The topological polar surface area (TPSA) is 49.3 Å². The van der Waals surface area contributed by atoms with Gasteiger partial charge in [0, 0.05) is 0 Å². The summed E-state index contributed by atoms with van der Waals surface area (Å²) in [5.41, 5.74) is -1.85. The maximum Gasteiger partial charge on any atom is 0.256 e. The number of alkyl halides is 1. The lowest BCUT2D eigenvalue weighted by Gasteiger charge is -2.41. The third-order valence-electron chi connectivity index (χ3n) is 5.08. The molecule has 0 aromatic heterocycles. The minimum Gasteiger partial charge on any atom is -0.387 e. The molecule has 0 saturated heterocycles. The summed E-state index contributed by atoms with van der Waals surface area (Å²) in [6.07, 6.45) is -0.860. The standard InChI is InChI=1S/C20H18Cl2F3NO2/c21-13-4-2-5-14(24)16(13)19(27)26-18(12-3-1-6-15(25)17(12)22)20(28)9-7-11(23)8-10-20/h1-6,11,18,28H,7-10H2,(H,26,27)/t11-,18?,20-. The van der Waals surface area contributed by atoms with E-state index in [9.17, 15) is 23.1 Å². The number of aliphatic hydroxyl groups is 1. The van der Waals surface area contributed by atoms with Crippen molar-refractivity contribution in [2.24, 2.45) is 0 Å². The number of nitrogens with one attached hydrogen (secondary N) is 1. The number of carbonyl (C=O) groups is 1. The van der Waals surface area contributed by atoms with Crippen molar-refractivity contribution in [1.29, 1.82) is 0 Å². The Balaban J connectivity index is 2.02. The zero-order valence-electron chi connectivity index (χ0n) is 14.7. The first kappa shape index (κ1) is 21.0. The van der Waals surface area contributed by atoms with E-state index in [0.29, 0.717) is 0 Å². The summed E-state index contributed by atoms with van der Waals surface area (Å²) in [5.74, 6) is -2.46. The van der Waals surface area contributed by atoms with Gasteiger partial charge < -0.3 is 10.4 Å². The second kappa shape index (κ2) is 8.31. The number of halogens is 5. The van der Waals surface area contributed by atoms with Crippen LogP contribution in [0.25, 0.3) is 0 Å².